The van der Waals surface area contributed by atoms with Crippen LogP contribution in [0.5, 0.6) is 0 Å². The number of alkyl halides is 6. The van der Waals surface area contributed by atoms with Crippen LogP contribution in [0, 0.1) is 15.9 Å². The first-order chi connectivity index (χ1) is 64.5. The van der Waals surface area contributed by atoms with Gasteiger partial charge in [0.25, 0.3) is 5.69 Å². The fourth-order valence-corrected chi connectivity index (χ4v) is 19.0. The molecule has 5 aliphatic heterocycles. The minimum atomic E-state index is -10.0. The molecule has 0 aromatic heterocycles. The lowest BCUT2D eigenvalue weighted by molar-refractivity contribution is -0.384. The van der Waals surface area contributed by atoms with Crippen LogP contribution in [0.2, 0.25) is 0 Å². The van der Waals surface area contributed by atoms with Crippen molar-refractivity contribution in [2.45, 2.75) is 209 Å². The molecular formula is C103H119F12N13O6S. The van der Waals surface area contributed by atoms with Gasteiger partial charge in [-0.15, -0.1) is 0 Å². The highest BCUT2D eigenvalue weighted by atomic mass is 32.5. The molecule has 10 aromatic rings. The number of halogens is 12. The second-order valence-corrected chi connectivity index (χ2v) is 37.7. The smallest absolute Gasteiger partial charge is 0.317 e. The van der Waals surface area contributed by atoms with E-state index in [0.717, 1.165) is 170 Å². The van der Waals surface area contributed by atoms with Crippen LogP contribution in [0.4, 0.5) is 97.8 Å². The van der Waals surface area contributed by atoms with Crippen LogP contribution >= 0.6 is 10.2 Å². The number of nitrogens with zero attached hydrogens (tertiary/aromatic N) is 9. The summed E-state index contributed by atoms with van der Waals surface area (Å²) in [5.41, 5.74) is 4.57. The summed E-state index contributed by atoms with van der Waals surface area (Å²) >= 11 is 0. The molecule has 722 valence electrons. The minimum Gasteiger partial charge on any atom is -0.317 e. The Morgan fingerprint density at radius 2 is 0.770 bits per heavy atom. The number of carbonyl (C=O) groups excluding carboxylic acids is 4. The number of piperidine rings is 4. The highest BCUT2D eigenvalue weighted by molar-refractivity contribution is 8.45. The summed E-state index contributed by atoms with van der Waals surface area (Å²) < 4.78 is 159. The molecule has 5 saturated heterocycles. The first kappa shape index (κ1) is 102. The molecule has 135 heavy (non-hydrogen) atoms. The van der Waals surface area contributed by atoms with Crippen LogP contribution in [0.25, 0.3) is 0 Å². The Morgan fingerprint density at radius 1 is 0.415 bits per heavy atom. The third kappa shape index (κ3) is 30.8. The van der Waals surface area contributed by atoms with Gasteiger partial charge in [0.15, 0.2) is 0 Å². The molecule has 4 N–H and O–H groups in total. The summed E-state index contributed by atoms with van der Waals surface area (Å²) in [7, 11) is -10.0. The zero-order chi connectivity index (χ0) is 96.4. The average Bonchev–Trinajstić information content (AvgIpc) is 1.25. The fourth-order valence-electron chi connectivity index (χ4n) is 18.3. The zero-order valence-electron chi connectivity index (χ0n) is 76.0. The van der Waals surface area contributed by atoms with Crippen LogP contribution in [-0.4, -0.2) is 156 Å². The average molecular weight is 1900 g/mol. The Balaban J connectivity index is 0.000000162. The summed E-state index contributed by atoms with van der Waals surface area (Å²) in [6.07, 6.45) is 4.17. The number of nitro benzene ring substituents is 1. The number of rotatable bonds is 28. The molecule has 10 aromatic carbocycles. The number of carbonyl (C=O) groups is 4. The topological polar surface area (TPSA) is 185 Å². The predicted molar refractivity (Wildman–Crippen MR) is 508 cm³/mol. The van der Waals surface area contributed by atoms with E-state index in [1.54, 1.807) is 41.3 Å². The van der Waals surface area contributed by atoms with E-state index < -0.39 is 61.1 Å². The highest BCUT2D eigenvalue weighted by Crippen LogP contribution is 3.02. The number of non-ortho nitro benzene ring substituents is 1. The van der Waals surface area contributed by atoms with Crippen molar-refractivity contribution in [3.05, 3.63) is 333 Å². The Labute approximate surface area is 782 Å². The first-order valence-corrected chi connectivity index (χ1v) is 48.1. The molecule has 5 aliphatic rings. The van der Waals surface area contributed by atoms with Gasteiger partial charge in [-0.3, -0.25) is 19.9 Å². The molecule has 2 bridgehead atoms. The van der Waals surface area contributed by atoms with Gasteiger partial charge in [0.2, 0.25) is 0 Å². The molecule has 5 fully saturated rings. The SMILES string of the molecule is CCCC(C)N1CCC(N(Cc2ccccc2)C(=O)Nc2cc(S(F)(F)(F)(F)F)ccc2F)CC1.CCCCN1CCC(N(Cc2ccccc2)C(=O)Nc2cccc([N+](=O)[O-])c2)CC1.O=C(Nc1cccc(C(F)(F)F)c1)N(Cc1ccccc1)C1CC2CCC(C1)N2Cc1ccccc1.O=C(Nc1cccc(C(F)(F)F)c1)N(Cc1ccccc1)C1CCN(Cc2ccccc2)CC1. The first-order valence-electron chi connectivity index (χ1n) is 46.1. The van der Waals surface area contributed by atoms with Gasteiger partial charge < -0.3 is 50.7 Å². The van der Waals surface area contributed by atoms with Crippen molar-refractivity contribution in [2.75, 3.05) is 67.1 Å². The van der Waals surface area contributed by atoms with Gasteiger partial charge in [0, 0.05) is 150 Å². The van der Waals surface area contributed by atoms with Crippen LogP contribution in [0.15, 0.2) is 278 Å². The second-order valence-electron chi connectivity index (χ2n) is 35.2. The van der Waals surface area contributed by atoms with Crippen molar-refractivity contribution in [3.8, 4) is 0 Å². The van der Waals surface area contributed by atoms with Crippen LogP contribution < -0.4 is 21.3 Å². The lowest BCUT2D eigenvalue weighted by atomic mass is 9.94. The highest BCUT2D eigenvalue weighted by Gasteiger charge is 2.65. The lowest BCUT2D eigenvalue weighted by Crippen LogP contribution is -2.52. The summed E-state index contributed by atoms with van der Waals surface area (Å²) in [6.45, 7) is 15.9. The van der Waals surface area contributed by atoms with Gasteiger partial charge in [-0.25, -0.2) is 23.6 Å². The lowest BCUT2D eigenvalue weighted by Gasteiger charge is -2.43. The maximum absolute atomic E-state index is 14.3. The normalized spacial score (nSPS) is 17.7. The van der Waals surface area contributed by atoms with Gasteiger partial charge >= 0.3 is 46.7 Å². The van der Waals surface area contributed by atoms with Crippen molar-refractivity contribution in [3.63, 3.8) is 0 Å². The van der Waals surface area contributed by atoms with E-state index in [0.29, 0.717) is 56.3 Å². The maximum atomic E-state index is 14.3. The molecule has 0 aliphatic carbocycles. The van der Waals surface area contributed by atoms with E-state index >= 15 is 0 Å². The number of amides is 8. The number of benzene rings is 10. The predicted octanol–water partition coefficient (Wildman–Crippen LogP) is 26.4. The Hall–Kier alpha value is -12.0. The van der Waals surface area contributed by atoms with Gasteiger partial charge in [-0.05, 0) is 185 Å². The van der Waals surface area contributed by atoms with E-state index in [4.69, 9.17) is 0 Å². The molecule has 5 heterocycles. The van der Waals surface area contributed by atoms with Gasteiger partial charge in [-0.2, -0.15) is 26.3 Å². The van der Waals surface area contributed by atoms with E-state index in [9.17, 15) is 79.5 Å². The van der Waals surface area contributed by atoms with Crippen LogP contribution in [-0.2, 0) is 51.6 Å². The summed E-state index contributed by atoms with van der Waals surface area (Å²) in [5, 5.41) is 21.5. The van der Waals surface area contributed by atoms with E-state index in [1.165, 1.54) is 65.3 Å². The van der Waals surface area contributed by atoms with Gasteiger partial charge in [0.1, 0.15) is 10.7 Å². The van der Waals surface area contributed by atoms with Gasteiger partial charge in [-0.1, -0.05) is 246 Å². The van der Waals surface area contributed by atoms with Crippen molar-refractivity contribution in [1.82, 2.24) is 39.2 Å². The van der Waals surface area contributed by atoms with Crippen molar-refractivity contribution in [2.24, 2.45) is 0 Å². The Bertz CT molecular complexity index is 5430. The number of nitro groups is 1. The number of nitrogens with one attached hydrogen (secondary N) is 4. The second kappa shape index (κ2) is 46.5. The molecule has 0 radical (unpaired) electrons. The van der Waals surface area contributed by atoms with Gasteiger partial charge in [0.05, 0.1) is 21.7 Å². The Kier molecular flexibility index (Phi) is 35.1. The monoisotopic (exact) mass is 1890 g/mol. The number of likely N-dealkylation sites (tertiary alicyclic amines) is 3. The fraction of sp³-hybridized carbons (Fsp3) is 0.379. The minimum absolute atomic E-state index is 0.00183. The number of unbranched alkanes of at least 4 members (excludes halogenated alkanes) is 1. The molecular weight excluding hydrogens is 1780 g/mol. The number of urea groups is 4. The standard InChI is InChI=1S/C29H30F3N3O.C27H28F3N3O.C24H31F6N3OS.C23H30N4O3/c30-29(31,32)23-12-7-13-24(16-23)33-28(36)35(20-22-10-5-2-6-11-22)27-17-25-14-15-26(18-27)34(25)19-21-8-3-1-4-9-21;28-27(29,30)23-12-7-13-24(18-23)31-26(34)33(20-22-10-5-2-6-11-22)25-14-16-32(17-15-25)19-21-8-3-1-4-9-21;1-3-7-18(2)32-14-12-20(13-15-32)33(17-19-8-5-4-6-9-19)24(34)31-23-16-21(10-11-22(23)25)35(26,27,28,29)30;1-2-3-14-25-15-12-21(13-16-25)26(18-19-8-5-4-6-9-19)23(28)24-20-10-7-11-22(17-20)27(29)30/h1-13,16,25-27H,14-15,17-20H2,(H,33,36);1-13,18,25H,14-17,19-20H2,(H,31,34);4-6,8-11,16,18,20H,3,7,12-15,17H2,1-2H3,(H,31,34);4-11,17,21H,2-3,12-16,18H2,1H3,(H,24,28). The number of hydrogen-bond donors (Lipinski definition) is 4. The quantitative estimate of drug-likeness (QED) is 0.0209. The molecule has 3 unspecified atom stereocenters. The Morgan fingerprint density at radius 3 is 1.15 bits per heavy atom. The number of anilines is 4. The van der Waals surface area contributed by atoms with E-state index in [1.807, 2.05) is 131 Å². The summed E-state index contributed by atoms with van der Waals surface area (Å²) in [6, 6.07) is 74.2. The third-order valence-electron chi connectivity index (χ3n) is 25.5. The van der Waals surface area contributed by atoms with Crippen molar-refractivity contribution >= 4 is 62.8 Å². The van der Waals surface area contributed by atoms with Crippen LogP contribution in [0.3, 0.4) is 0 Å². The molecule has 0 saturated carbocycles. The molecule has 3 atom stereocenters. The molecule has 8 amide bonds. The van der Waals surface area contributed by atoms with E-state index in [2.05, 4.69) is 98.0 Å². The van der Waals surface area contributed by atoms with Crippen molar-refractivity contribution < 1.29 is 74.3 Å². The van der Waals surface area contributed by atoms with Crippen LogP contribution in [0.1, 0.15) is 155 Å². The summed E-state index contributed by atoms with van der Waals surface area (Å²) in [4.78, 5) is 78.1. The zero-order valence-corrected chi connectivity index (χ0v) is 76.8. The maximum Gasteiger partial charge on any atom is 0.416 e. The molecule has 32 heteroatoms. The summed E-state index contributed by atoms with van der Waals surface area (Å²) in [5.74, 6) is -1.23. The largest absolute Gasteiger partial charge is 0.416 e. The number of hydrogen-bond acceptors (Lipinski definition) is 10. The molecule has 15 rings (SSSR count). The van der Waals surface area contributed by atoms with E-state index in [-0.39, 0.29) is 84.1 Å². The van der Waals surface area contributed by atoms with Crippen molar-refractivity contribution in [1.29, 1.82) is 0 Å². The third-order valence-corrected chi connectivity index (χ3v) is 26.6. The number of fused-ring (bicyclic) bond motifs is 2. The molecule has 19 nitrogen and oxygen atoms in total. The molecule has 0 spiro atoms.